The Kier molecular flexibility index (Phi) is 4.38. The fourth-order valence-electron chi connectivity index (χ4n) is 3.73. The lowest BCUT2D eigenvalue weighted by Crippen LogP contribution is -1.94. The Morgan fingerprint density at radius 2 is 1.00 bits per heavy atom. The van der Waals surface area contributed by atoms with Gasteiger partial charge in [0.25, 0.3) is 0 Å². The van der Waals surface area contributed by atoms with Crippen molar-refractivity contribution in [2.75, 3.05) is 0 Å². The molecular formula is C27H20N2. The summed E-state index contributed by atoms with van der Waals surface area (Å²) in [5.41, 5.74) is 7.87. The van der Waals surface area contributed by atoms with Crippen LogP contribution < -0.4 is 0 Å². The molecule has 0 bridgehead atoms. The molecule has 0 fully saturated rings. The number of nitrogens with zero attached hydrogens (tertiary/aromatic N) is 2. The summed E-state index contributed by atoms with van der Waals surface area (Å²) >= 11 is 0. The molecule has 1 aromatic heterocycles. The van der Waals surface area contributed by atoms with Gasteiger partial charge in [0.1, 0.15) is 5.82 Å². The summed E-state index contributed by atoms with van der Waals surface area (Å²) in [6.07, 6.45) is 0. The molecule has 2 nitrogen and oxygen atoms in total. The van der Waals surface area contributed by atoms with E-state index in [-0.39, 0.29) is 0 Å². The van der Waals surface area contributed by atoms with Crippen LogP contribution >= 0.6 is 0 Å². The van der Waals surface area contributed by atoms with Crippen molar-refractivity contribution in [3.8, 4) is 33.5 Å². The summed E-state index contributed by atoms with van der Waals surface area (Å²) in [6.45, 7) is 1.95. The highest BCUT2D eigenvalue weighted by Crippen LogP contribution is 2.31. The van der Waals surface area contributed by atoms with Gasteiger partial charge in [-0.1, -0.05) is 91.0 Å². The van der Waals surface area contributed by atoms with Crippen molar-refractivity contribution in [3.63, 3.8) is 0 Å². The van der Waals surface area contributed by atoms with E-state index in [4.69, 9.17) is 4.98 Å². The van der Waals surface area contributed by atoms with Crippen molar-refractivity contribution >= 4 is 10.9 Å². The SMILES string of the molecule is Cc1nc(-c2ccccc2)c2cc(-c3ccc(-c4ccccc4)cc3)ccc2n1. The van der Waals surface area contributed by atoms with Crippen LogP contribution in [0.3, 0.4) is 0 Å². The third-order valence-corrected chi connectivity index (χ3v) is 5.18. The van der Waals surface area contributed by atoms with Crippen LogP contribution in [0, 0.1) is 6.92 Å². The van der Waals surface area contributed by atoms with E-state index in [1.54, 1.807) is 0 Å². The second-order valence-corrected chi connectivity index (χ2v) is 7.16. The highest BCUT2D eigenvalue weighted by atomic mass is 14.9. The topological polar surface area (TPSA) is 25.8 Å². The van der Waals surface area contributed by atoms with Gasteiger partial charge in [-0.25, -0.2) is 9.97 Å². The first-order valence-corrected chi connectivity index (χ1v) is 9.78. The van der Waals surface area contributed by atoms with Crippen molar-refractivity contribution in [3.05, 3.63) is 109 Å². The van der Waals surface area contributed by atoms with Gasteiger partial charge in [0, 0.05) is 10.9 Å². The Balaban J connectivity index is 1.60. The van der Waals surface area contributed by atoms with Gasteiger partial charge in [0.2, 0.25) is 0 Å². The second-order valence-electron chi connectivity index (χ2n) is 7.16. The molecule has 0 aliphatic heterocycles. The molecule has 5 rings (SSSR count). The first kappa shape index (κ1) is 17.3. The molecule has 29 heavy (non-hydrogen) atoms. The molecule has 0 N–H and O–H groups in total. The van der Waals surface area contributed by atoms with E-state index >= 15 is 0 Å². The van der Waals surface area contributed by atoms with E-state index in [1.165, 1.54) is 22.3 Å². The van der Waals surface area contributed by atoms with Gasteiger partial charge >= 0.3 is 0 Å². The molecule has 4 aromatic carbocycles. The maximum atomic E-state index is 4.75. The minimum absolute atomic E-state index is 0.788. The lowest BCUT2D eigenvalue weighted by molar-refractivity contribution is 1.10. The van der Waals surface area contributed by atoms with Crippen LogP contribution in [0.25, 0.3) is 44.4 Å². The molecule has 2 heteroatoms. The molecule has 0 saturated heterocycles. The van der Waals surface area contributed by atoms with Crippen LogP contribution in [0.5, 0.6) is 0 Å². The Labute approximate surface area is 170 Å². The molecule has 0 amide bonds. The third-order valence-electron chi connectivity index (χ3n) is 5.18. The lowest BCUT2D eigenvalue weighted by Gasteiger charge is -2.10. The average molecular weight is 372 g/mol. The van der Waals surface area contributed by atoms with Crippen molar-refractivity contribution in [1.29, 1.82) is 0 Å². The van der Waals surface area contributed by atoms with Crippen LogP contribution in [0.15, 0.2) is 103 Å². The number of aryl methyl sites for hydroxylation is 1. The van der Waals surface area contributed by atoms with Crippen LogP contribution in [0.2, 0.25) is 0 Å². The molecule has 0 spiro atoms. The van der Waals surface area contributed by atoms with E-state index in [0.717, 1.165) is 28.0 Å². The van der Waals surface area contributed by atoms with Gasteiger partial charge in [-0.3, -0.25) is 0 Å². The van der Waals surface area contributed by atoms with E-state index in [9.17, 15) is 0 Å². The standard InChI is InChI=1S/C27H20N2/c1-19-28-26-17-16-24(18-25(26)27(29-19)23-10-6-3-7-11-23)22-14-12-21(13-15-22)20-8-4-2-5-9-20/h2-18H,1H3. The maximum Gasteiger partial charge on any atom is 0.126 e. The average Bonchev–Trinajstić information content (AvgIpc) is 2.79. The molecule has 5 aromatic rings. The molecular weight excluding hydrogens is 352 g/mol. The van der Waals surface area contributed by atoms with Crippen molar-refractivity contribution < 1.29 is 0 Å². The second kappa shape index (κ2) is 7.33. The van der Waals surface area contributed by atoms with E-state index in [1.807, 2.05) is 31.2 Å². The normalized spacial score (nSPS) is 10.9. The predicted molar refractivity (Wildman–Crippen MR) is 121 cm³/mol. The number of rotatable bonds is 3. The van der Waals surface area contributed by atoms with Gasteiger partial charge in [-0.15, -0.1) is 0 Å². The molecule has 0 unspecified atom stereocenters. The summed E-state index contributed by atoms with van der Waals surface area (Å²) in [4.78, 5) is 9.39. The third kappa shape index (κ3) is 3.41. The largest absolute Gasteiger partial charge is 0.233 e. The Morgan fingerprint density at radius 3 is 1.66 bits per heavy atom. The molecule has 138 valence electrons. The number of benzene rings is 4. The quantitative estimate of drug-likeness (QED) is 0.343. The molecule has 0 saturated carbocycles. The van der Waals surface area contributed by atoms with Gasteiger partial charge < -0.3 is 0 Å². The van der Waals surface area contributed by atoms with Crippen molar-refractivity contribution in [2.45, 2.75) is 6.92 Å². The first-order chi connectivity index (χ1) is 14.3. The number of fused-ring (bicyclic) bond motifs is 1. The number of hydrogen-bond acceptors (Lipinski definition) is 2. The number of aromatic nitrogens is 2. The Morgan fingerprint density at radius 1 is 0.483 bits per heavy atom. The van der Waals surface area contributed by atoms with Gasteiger partial charge in [-0.2, -0.15) is 0 Å². The van der Waals surface area contributed by atoms with E-state index in [2.05, 4.69) is 83.8 Å². The number of hydrogen-bond donors (Lipinski definition) is 0. The molecule has 0 aliphatic rings. The zero-order chi connectivity index (χ0) is 19.6. The predicted octanol–water partition coefficient (Wildman–Crippen LogP) is 6.94. The Hall–Kier alpha value is -3.78. The maximum absolute atomic E-state index is 4.75. The van der Waals surface area contributed by atoms with Gasteiger partial charge in [-0.05, 0) is 41.3 Å². The van der Waals surface area contributed by atoms with Gasteiger partial charge in [0.05, 0.1) is 11.2 Å². The highest BCUT2D eigenvalue weighted by Gasteiger charge is 2.10. The molecule has 0 aliphatic carbocycles. The first-order valence-electron chi connectivity index (χ1n) is 9.78. The van der Waals surface area contributed by atoms with Crippen LogP contribution in [-0.4, -0.2) is 9.97 Å². The zero-order valence-corrected chi connectivity index (χ0v) is 16.2. The summed E-state index contributed by atoms with van der Waals surface area (Å²) in [6, 6.07) is 35.9. The van der Waals surface area contributed by atoms with E-state index < -0.39 is 0 Å². The van der Waals surface area contributed by atoms with Crippen LogP contribution in [-0.2, 0) is 0 Å². The summed E-state index contributed by atoms with van der Waals surface area (Å²) in [7, 11) is 0. The summed E-state index contributed by atoms with van der Waals surface area (Å²) < 4.78 is 0. The molecule has 0 atom stereocenters. The van der Waals surface area contributed by atoms with Crippen molar-refractivity contribution in [1.82, 2.24) is 9.97 Å². The fourth-order valence-corrected chi connectivity index (χ4v) is 3.73. The van der Waals surface area contributed by atoms with E-state index in [0.29, 0.717) is 0 Å². The Bertz CT molecular complexity index is 1280. The monoisotopic (exact) mass is 372 g/mol. The summed E-state index contributed by atoms with van der Waals surface area (Å²) in [5, 5.41) is 1.08. The highest BCUT2D eigenvalue weighted by molar-refractivity contribution is 5.95. The van der Waals surface area contributed by atoms with Crippen molar-refractivity contribution in [2.24, 2.45) is 0 Å². The lowest BCUT2D eigenvalue weighted by atomic mass is 9.98. The van der Waals surface area contributed by atoms with Gasteiger partial charge in [0.15, 0.2) is 0 Å². The smallest absolute Gasteiger partial charge is 0.126 e. The minimum Gasteiger partial charge on any atom is -0.233 e. The zero-order valence-electron chi connectivity index (χ0n) is 16.2. The summed E-state index contributed by atoms with van der Waals surface area (Å²) in [5.74, 6) is 0.788. The molecule has 1 heterocycles. The van der Waals surface area contributed by atoms with Crippen LogP contribution in [0.4, 0.5) is 0 Å². The molecule has 0 radical (unpaired) electrons. The van der Waals surface area contributed by atoms with Crippen LogP contribution in [0.1, 0.15) is 5.82 Å². The fraction of sp³-hybridized carbons (Fsp3) is 0.0370. The minimum atomic E-state index is 0.788.